The molecule has 0 aliphatic heterocycles. The van der Waals surface area contributed by atoms with Gasteiger partial charge in [0.15, 0.2) is 0 Å². The summed E-state index contributed by atoms with van der Waals surface area (Å²) in [6.45, 7) is 2.94. The van der Waals surface area contributed by atoms with Crippen LogP contribution in [0.3, 0.4) is 0 Å². The third kappa shape index (κ3) is 5.55. The lowest BCUT2D eigenvalue weighted by Crippen LogP contribution is -2.27. The van der Waals surface area contributed by atoms with Crippen molar-refractivity contribution in [3.8, 4) is 0 Å². The van der Waals surface area contributed by atoms with Gasteiger partial charge in [-0.15, -0.1) is 0 Å². The fourth-order valence-corrected chi connectivity index (χ4v) is 1.94. The summed E-state index contributed by atoms with van der Waals surface area (Å²) in [5.41, 5.74) is 8.54. The average molecular weight is 257 g/mol. The highest BCUT2D eigenvalue weighted by atomic mass is 32.2. The molecule has 5 nitrogen and oxygen atoms in total. The molecule has 0 aromatic heterocycles. The number of nitrogens with two attached hydrogens (primary N) is 1. The molecular weight excluding hydrogens is 238 g/mol. The Morgan fingerprint density at radius 1 is 1.24 bits per heavy atom. The molecule has 0 aliphatic rings. The largest absolute Gasteiger partial charge is 0.399 e. The van der Waals surface area contributed by atoms with Gasteiger partial charge in [-0.25, -0.2) is 13.1 Å². The van der Waals surface area contributed by atoms with Crippen LogP contribution in [-0.4, -0.2) is 27.8 Å². The van der Waals surface area contributed by atoms with E-state index in [-0.39, 0.29) is 0 Å². The number of anilines is 2. The van der Waals surface area contributed by atoms with Crippen molar-refractivity contribution in [1.29, 1.82) is 0 Å². The lowest BCUT2D eigenvalue weighted by atomic mass is 10.1. The molecule has 0 fully saturated rings. The number of nitrogen functional groups attached to an aromatic ring is 1. The summed E-state index contributed by atoms with van der Waals surface area (Å²) in [7, 11) is -3.11. The van der Waals surface area contributed by atoms with Crippen LogP contribution in [0.5, 0.6) is 0 Å². The predicted molar refractivity (Wildman–Crippen MR) is 71.6 cm³/mol. The summed E-state index contributed by atoms with van der Waals surface area (Å²) < 4.78 is 24.1. The van der Waals surface area contributed by atoms with Crippen LogP contribution in [0.1, 0.15) is 12.5 Å². The van der Waals surface area contributed by atoms with Gasteiger partial charge >= 0.3 is 0 Å². The summed E-state index contributed by atoms with van der Waals surface area (Å²) in [6.07, 6.45) is 2.06. The van der Waals surface area contributed by atoms with Crippen LogP contribution in [0.25, 0.3) is 0 Å². The normalized spacial score (nSPS) is 11.4. The summed E-state index contributed by atoms with van der Waals surface area (Å²) >= 11 is 0. The average Bonchev–Trinajstić information content (AvgIpc) is 2.22. The maximum absolute atomic E-state index is 10.8. The predicted octanol–water partition coefficient (Wildman–Crippen LogP) is 0.792. The van der Waals surface area contributed by atoms with E-state index in [1.165, 1.54) is 0 Å². The van der Waals surface area contributed by atoms with Crippen LogP contribution < -0.4 is 15.8 Å². The Morgan fingerprint density at radius 3 is 2.53 bits per heavy atom. The van der Waals surface area contributed by atoms with Crippen LogP contribution in [0.4, 0.5) is 11.4 Å². The monoisotopic (exact) mass is 257 g/mol. The summed E-state index contributed by atoms with van der Waals surface area (Å²) in [4.78, 5) is 0. The van der Waals surface area contributed by atoms with Crippen LogP contribution in [0, 0.1) is 0 Å². The van der Waals surface area contributed by atoms with Crippen molar-refractivity contribution < 1.29 is 8.42 Å². The van der Waals surface area contributed by atoms with Crippen molar-refractivity contribution in [2.45, 2.75) is 13.3 Å². The standard InChI is InChI=1S/C11H19N3O2S/c1-3-9-6-10(12)8-11(7-9)13-4-5-14-17(2,15)16/h6-8,13-14H,3-5,12H2,1-2H3. The van der Waals surface area contributed by atoms with Gasteiger partial charge in [0.1, 0.15) is 0 Å². The minimum atomic E-state index is -3.11. The van der Waals surface area contributed by atoms with Crippen molar-refractivity contribution >= 4 is 21.4 Å². The van der Waals surface area contributed by atoms with E-state index in [1.807, 2.05) is 18.2 Å². The van der Waals surface area contributed by atoms with Gasteiger partial charge in [-0.2, -0.15) is 0 Å². The first-order valence-electron chi connectivity index (χ1n) is 5.48. The lowest BCUT2D eigenvalue weighted by Gasteiger charge is -2.09. The van der Waals surface area contributed by atoms with Gasteiger partial charge in [-0.05, 0) is 30.2 Å². The Hall–Kier alpha value is -1.27. The summed E-state index contributed by atoms with van der Waals surface area (Å²) in [5.74, 6) is 0. The number of nitrogens with one attached hydrogen (secondary N) is 2. The zero-order chi connectivity index (χ0) is 12.9. The quantitative estimate of drug-likeness (QED) is 0.520. The molecule has 0 aliphatic carbocycles. The molecule has 1 aromatic rings. The third-order valence-corrected chi connectivity index (χ3v) is 2.97. The number of hydrogen-bond acceptors (Lipinski definition) is 4. The number of hydrogen-bond donors (Lipinski definition) is 3. The van der Waals surface area contributed by atoms with Gasteiger partial charge in [-0.3, -0.25) is 0 Å². The molecule has 0 bridgehead atoms. The van der Waals surface area contributed by atoms with E-state index in [2.05, 4.69) is 17.0 Å². The van der Waals surface area contributed by atoms with Crippen molar-refractivity contribution in [1.82, 2.24) is 4.72 Å². The smallest absolute Gasteiger partial charge is 0.208 e. The Bertz CT molecular complexity index is 472. The van der Waals surface area contributed by atoms with Gasteiger partial charge in [0.25, 0.3) is 0 Å². The molecule has 0 saturated carbocycles. The Morgan fingerprint density at radius 2 is 1.94 bits per heavy atom. The molecule has 96 valence electrons. The molecular formula is C11H19N3O2S. The fraction of sp³-hybridized carbons (Fsp3) is 0.455. The second-order valence-electron chi connectivity index (χ2n) is 3.91. The Labute approximate surface area is 102 Å². The van der Waals surface area contributed by atoms with Gasteiger partial charge in [0.05, 0.1) is 6.26 Å². The molecule has 4 N–H and O–H groups in total. The molecule has 0 heterocycles. The number of benzene rings is 1. The van der Waals surface area contributed by atoms with E-state index in [4.69, 9.17) is 5.73 Å². The summed E-state index contributed by atoms with van der Waals surface area (Å²) in [6, 6.07) is 5.77. The molecule has 0 amide bonds. The highest BCUT2D eigenvalue weighted by Gasteiger charge is 2.00. The van der Waals surface area contributed by atoms with Crippen LogP contribution >= 0.6 is 0 Å². The molecule has 0 unspecified atom stereocenters. The highest BCUT2D eigenvalue weighted by molar-refractivity contribution is 7.88. The zero-order valence-corrected chi connectivity index (χ0v) is 11.0. The van der Waals surface area contributed by atoms with Gasteiger partial charge in [-0.1, -0.05) is 6.92 Å². The van der Waals surface area contributed by atoms with Crippen LogP contribution in [0.15, 0.2) is 18.2 Å². The Balaban J connectivity index is 2.49. The molecule has 1 rings (SSSR count). The van der Waals surface area contributed by atoms with Gasteiger partial charge in [0.2, 0.25) is 10.0 Å². The van der Waals surface area contributed by atoms with Crippen molar-refractivity contribution in [2.75, 3.05) is 30.4 Å². The second kappa shape index (κ2) is 5.88. The highest BCUT2D eigenvalue weighted by Crippen LogP contribution is 2.16. The summed E-state index contributed by atoms with van der Waals surface area (Å²) in [5, 5.41) is 3.13. The number of aryl methyl sites for hydroxylation is 1. The first kappa shape index (κ1) is 13.8. The van der Waals surface area contributed by atoms with Crippen molar-refractivity contribution in [3.63, 3.8) is 0 Å². The van der Waals surface area contributed by atoms with E-state index < -0.39 is 10.0 Å². The molecule has 6 heteroatoms. The molecule has 1 aromatic carbocycles. The maximum atomic E-state index is 10.8. The Kier molecular flexibility index (Phi) is 4.77. The minimum absolute atomic E-state index is 0.356. The number of rotatable bonds is 6. The van der Waals surface area contributed by atoms with E-state index >= 15 is 0 Å². The van der Waals surface area contributed by atoms with E-state index in [1.54, 1.807) is 0 Å². The van der Waals surface area contributed by atoms with Gasteiger partial charge in [0, 0.05) is 24.5 Å². The third-order valence-electron chi connectivity index (χ3n) is 2.24. The number of sulfonamides is 1. The fourth-order valence-electron chi connectivity index (χ4n) is 1.47. The van der Waals surface area contributed by atoms with Crippen molar-refractivity contribution in [2.24, 2.45) is 0 Å². The minimum Gasteiger partial charge on any atom is -0.399 e. The lowest BCUT2D eigenvalue weighted by molar-refractivity contribution is 0.589. The first-order chi connectivity index (χ1) is 7.90. The van der Waals surface area contributed by atoms with Gasteiger partial charge < -0.3 is 11.1 Å². The first-order valence-corrected chi connectivity index (χ1v) is 7.38. The molecule has 0 spiro atoms. The second-order valence-corrected chi connectivity index (χ2v) is 5.74. The maximum Gasteiger partial charge on any atom is 0.208 e. The van der Waals surface area contributed by atoms with Crippen LogP contribution in [-0.2, 0) is 16.4 Å². The molecule has 0 radical (unpaired) electrons. The van der Waals surface area contributed by atoms with Crippen LogP contribution in [0.2, 0.25) is 0 Å². The van der Waals surface area contributed by atoms with Crippen molar-refractivity contribution in [3.05, 3.63) is 23.8 Å². The van der Waals surface area contributed by atoms with E-state index in [0.717, 1.165) is 23.9 Å². The molecule has 0 saturated heterocycles. The zero-order valence-electron chi connectivity index (χ0n) is 10.2. The van der Waals surface area contributed by atoms with E-state index in [0.29, 0.717) is 18.8 Å². The topological polar surface area (TPSA) is 84.2 Å². The SMILES string of the molecule is CCc1cc(N)cc(NCCNS(C)(=O)=O)c1. The van der Waals surface area contributed by atoms with E-state index in [9.17, 15) is 8.42 Å². The molecule has 0 atom stereocenters. The molecule has 17 heavy (non-hydrogen) atoms.